The normalized spacial score (nSPS) is 13.9. The summed E-state index contributed by atoms with van der Waals surface area (Å²) in [5.41, 5.74) is 4.33. The third-order valence-electron chi connectivity index (χ3n) is 5.59. The Morgan fingerprint density at radius 2 is 1.94 bits per heavy atom. The number of nitrogens with zero attached hydrogens (tertiary/aromatic N) is 4. The van der Waals surface area contributed by atoms with Crippen LogP contribution in [0.25, 0.3) is 0 Å². The number of carbonyl (C=O) groups excluding carboxylic acids is 2. The van der Waals surface area contributed by atoms with Crippen molar-refractivity contribution in [3.63, 3.8) is 0 Å². The van der Waals surface area contributed by atoms with E-state index >= 15 is 0 Å². The number of amides is 2. The Kier molecular flexibility index (Phi) is 6.39. The number of hydrogen-bond donors (Lipinski definition) is 1. The first-order valence-corrected chi connectivity index (χ1v) is 10.8. The maximum atomic E-state index is 13.1. The smallest absolute Gasteiger partial charge is 0.416 e. The third-order valence-corrected chi connectivity index (χ3v) is 5.59. The number of nitrogens with one attached hydrogen (secondary N) is 1. The van der Waals surface area contributed by atoms with Crippen LogP contribution >= 0.6 is 0 Å². The van der Waals surface area contributed by atoms with Crippen LogP contribution in [-0.2, 0) is 17.9 Å². The van der Waals surface area contributed by atoms with E-state index in [1.165, 1.54) is 24.3 Å². The first-order valence-electron chi connectivity index (χ1n) is 10.8. The number of anilines is 1. The van der Waals surface area contributed by atoms with Crippen molar-refractivity contribution in [2.75, 3.05) is 11.4 Å². The maximum absolute atomic E-state index is 13.1. The van der Waals surface area contributed by atoms with Gasteiger partial charge in [0, 0.05) is 17.8 Å². The van der Waals surface area contributed by atoms with E-state index in [0.717, 1.165) is 29.9 Å². The molecule has 1 unspecified atom stereocenters. The van der Waals surface area contributed by atoms with E-state index in [1.807, 2.05) is 32.9 Å². The van der Waals surface area contributed by atoms with Gasteiger partial charge in [-0.3, -0.25) is 14.7 Å². The van der Waals surface area contributed by atoms with Crippen molar-refractivity contribution in [1.29, 1.82) is 0 Å². The molecule has 1 atom stereocenters. The van der Waals surface area contributed by atoms with Gasteiger partial charge in [0.05, 0.1) is 28.8 Å². The Labute approximate surface area is 191 Å². The molecule has 3 heterocycles. The van der Waals surface area contributed by atoms with Crippen LogP contribution in [0.5, 0.6) is 0 Å². The largest absolute Gasteiger partial charge is 0.426 e. The fraction of sp³-hybridized carbons (Fsp3) is 0.333. The molecule has 2 amide bonds. The first kappa shape index (κ1) is 22.4. The summed E-state index contributed by atoms with van der Waals surface area (Å²) in [6.45, 7) is 6.21. The van der Waals surface area contributed by atoms with E-state index in [-0.39, 0.29) is 18.7 Å². The zero-order valence-electron chi connectivity index (χ0n) is 18.8. The third kappa shape index (κ3) is 5.02. The van der Waals surface area contributed by atoms with Crippen LogP contribution in [0.2, 0.25) is 0 Å². The molecule has 8 nitrogen and oxygen atoms in total. The van der Waals surface area contributed by atoms with Crippen molar-refractivity contribution < 1.29 is 18.7 Å². The summed E-state index contributed by atoms with van der Waals surface area (Å²) in [5.74, 6) is -0.703. The summed E-state index contributed by atoms with van der Waals surface area (Å²) in [4.78, 5) is 31.5. The molecule has 0 fully saturated rings. The average molecular weight is 452 g/mol. The van der Waals surface area contributed by atoms with Gasteiger partial charge < -0.3 is 10.1 Å². The van der Waals surface area contributed by atoms with E-state index in [1.54, 1.807) is 15.6 Å². The molecule has 1 aliphatic heterocycles. The Hall–Kier alpha value is -3.75. The van der Waals surface area contributed by atoms with Gasteiger partial charge in [-0.25, -0.2) is 13.9 Å². The van der Waals surface area contributed by atoms with Crippen LogP contribution in [0.4, 0.5) is 14.9 Å². The lowest BCUT2D eigenvalue weighted by Crippen LogP contribution is -2.37. The fourth-order valence-electron chi connectivity index (χ4n) is 3.85. The molecule has 33 heavy (non-hydrogen) atoms. The fourth-order valence-corrected chi connectivity index (χ4v) is 3.85. The van der Waals surface area contributed by atoms with Crippen LogP contribution in [-0.4, -0.2) is 33.3 Å². The number of benzene rings is 1. The summed E-state index contributed by atoms with van der Waals surface area (Å²) >= 11 is 0. The molecule has 0 aliphatic carbocycles. The number of carbonyl (C=O) groups is 2. The van der Waals surface area contributed by atoms with Gasteiger partial charge in [0.2, 0.25) is 0 Å². The Balaban J connectivity index is 1.43. The minimum atomic E-state index is -0.448. The number of fused-ring (bicyclic) bond motifs is 1. The van der Waals surface area contributed by atoms with Crippen molar-refractivity contribution in [3.05, 3.63) is 76.6 Å². The highest BCUT2D eigenvalue weighted by atomic mass is 19.1. The topological polar surface area (TPSA) is 89.4 Å². The second kappa shape index (κ2) is 9.40. The highest BCUT2D eigenvalue weighted by molar-refractivity contribution is 5.94. The van der Waals surface area contributed by atoms with Gasteiger partial charge in [-0.15, -0.1) is 0 Å². The maximum Gasteiger partial charge on any atom is 0.416 e. The van der Waals surface area contributed by atoms with Gasteiger partial charge in [0.1, 0.15) is 5.82 Å². The molecule has 4 rings (SSSR count). The molecule has 172 valence electrons. The van der Waals surface area contributed by atoms with Gasteiger partial charge in [-0.05, 0) is 76.1 Å². The zero-order valence-corrected chi connectivity index (χ0v) is 18.8. The lowest BCUT2D eigenvalue weighted by Gasteiger charge is -2.29. The molecule has 0 bridgehead atoms. The molecule has 1 aliphatic rings. The Bertz CT molecular complexity index is 1180. The second-order valence-electron chi connectivity index (χ2n) is 8.13. The number of aromatic nitrogens is 3. The summed E-state index contributed by atoms with van der Waals surface area (Å²) in [6, 6.07) is 10.6. The van der Waals surface area contributed by atoms with E-state index in [9.17, 15) is 14.0 Å². The van der Waals surface area contributed by atoms with Crippen LogP contribution in [0.15, 0.2) is 42.5 Å². The minimum absolute atomic E-state index is 0.0440. The monoisotopic (exact) mass is 451 g/mol. The van der Waals surface area contributed by atoms with Crippen molar-refractivity contribution in [2.24, 2.45) is 0 Å². The first-order chi connectivity index (χ1) is 15.8. The van der Waals surface area contributed by atoms with Gasteiger partial charge >= 0.3 is 6.09 Å². The molecule has 1 N–H and O–H groups in total. The molecule has 3 aromatic rings. The van der Waals surface area contributed by atoms with E-state index in [4.69, 9.17) is 9.72 Å². The van der Waals surface area contributed by atoms with Crippen molar-refractivity contribution in [1.82, 2.24) is 20.1 Å². The average Bonchev–Trinajstić information content (AvgIpc) is 3.13. The number of aryl methyl sites for hydroxylation is 3. The molecular formula is C24H26FN5O3. The van der Waals surface area contributed by atoms with Crippen LogP contribution in [0.3, 0.4) is 0 Å². The highest BCUT2D eigenvalue weighted by Crippen LogP contribution is 2.28. The Morgan fingerprint density at radius 3 is 2.64 bits per heavy atom. The predicted molar refractivity (Wildman–Crippen MR) is 120 cm³/mol. The highest BCUT2D eigenvalue weighted by Gasteiger charge is 2.26. The van der Waals surface area contributed by atoms with Crippen LogP contribution in [0, 0.1) is 19.7 Å². The van der Waals surface area contributed by atoms with E-state index < -0.39 is 11.9 Å². The quantitative estimate of drug-likeness (QED) is 0.632. The summed E-state index contributed by atoms with van der Waals surface area (Å²) in [6.07, 6.45) is 1.04. The second-order valence-corrected chi connectivity index (χ2v) is 8.13. The molecular weight excluding hydrogens is 425 g/mol. The minimum Gasteiger partial charge on any atom is -0.426 e. The molecule has 1 aromatic carbocycles. The zero-order chi connectivity index (χ0) is 23.5. The molecule has 0 saturated carbocycles. The van der Waals surface area contributed by atoms with Crippen molar-refractivity contribution >= 4 is 17.7 Å². The lowest BCUT2D eigenvalue weighted by atomic mass is 10.1. The van der Waals surface area contributed by atoms with Crippen LogP contribution < -0.4 is 10.2 Å². The predicted octanol–water partition coefficient (Wildman–Crippen LogP) is 4.07. The van der Waals surface area contributed by atoms with E-state index in [2.05, 4.69) is 10.4 Å². The summed E-state index contributed by atoms with van der Waals surface area (Å²) < 4.78 is 20.2. The van der Waals surface area contributed by atoms with Crippen molar-refractivity contribution in [2.45, 2.75) is 46.4 Å². The molecule has 2 aromatic heterocycles. The number of rotatable bonds is 5. The number of hydrogen-bond acceptors (Lipinski definition) is 5. The summed E-state index contributed by atoms with van der Waals surface area (Å²) in [5, 5.41) is 7.19. The van der Waals surface area contributed by atoms with Crippen LogP contribution in [0.1, 0.15) is 52.5 Å². The molecule has 0 radical (unpaired) electrons. The van der Waals surface area contributed by atoms with Crippen molar-refractivity contribution in [3.8, 4) is 0 Å². The van der Waals surface area contributed by atoms with Gasteiger partial charge in [0.15, 0.2) is 6.73 Å². The Morgan fingerprint density at radius 1 is 1.18 bits per heavy atom. The van der Waals surface area contributed by atoms with Gasteiger partial charge in [0.25, 0.3) is 5.91 Å². The molecule has 0 saturated heterocycles. The lowest BCUT2D eigenvalue weighted by molar-refractivity contribution is 0.0939. The standard InChI is InChI=1S/C24H26FN5O3/c1-15-13-16(2)30(28-15)14-33-24(32)29-12-4-5-21-22(29)11-10-20(27-21)17(3)26-23(31)18-6-8-19(25)9-7-18/h6-11,13,17H,4-5,12,14H2,1-3H3,(H,26,31). The number of ether oxygens (including phenoxy) is 1. The van der Waals surface area contributed by atoms with Gasteiger partial charge in [-0.1, -0.05) is 0 Å². The number of halogens is 1. The molecule has 9 heteroatoms. The number of pyridine rings is 1. The van der Waals surface area contributed by atoms with E-state index in [0.29, 0.717) is 23.5 Å². The SMILES string of the molecule is Cc1cc(C)n(COC(=O)N2CCCc3nc(C(C)NC(=O)c4ccc(F)cc4)ccc32)n1. The summed E-state index contributed by atoms with van der Waals surface area (Å²) in [7, 11) is 0. The van der Waals surface area contributed by atoms with Gasteiger partial charge in [-0.2, -0.15) is 5.10 Å². The molecule has 0 spiro atoms.